The van der Waals surface area contributed by atoms with Gasteiger partial charge in [0.2, 0.25) is 5.75 Å². The molecule has 0 atom stereocenters. The highest BCUT2D eigenvalue weighted by Crippen LogP contribution is 2.40. The Bertz CT molecular complexity index is 964. The Kier molecular flexibility index (Phi) is 4.34. The fraction of sp³-hybridized carbons (Fsp3) is 0.176. The first-order valence-electron chi connectivity index (χ1n) is 7.39. The number of imidazole rings is 1. The third-order valence-electron chi connectivity index (χ3n) is 3.72. The van der Waals surface area contributed by atoms with Crippen molar-refractivity contribution in [1.29, 1.82) is 0 Å². The van der Waals surface area contributed by atoms with Crippen LogP contribution in [0.2, 0.25) is 0 Å². The van der Waals surface area contributed by atoms with Crippen molar-refractivity contribution < 1.29 is 19.0 Å². The van der Waals surface area contributed by atoms with E-state index in [1.807, 2.05) is 0 Å². The Morgan fingerprint density at radius 3 is 2.28 bits per heavy atom. The molecule has 0 aliphatic rings. The second-order valence-corrected chi connectivity index (χ2v) is 5.18. The van der Waals surface area contributed by atoms with Crippen molar-refractivity contribution in [3.63, 3.8) is 0 Å². The van der Waals surface area contributed by atoms with Crippen LogP contribution in [0.3, 0.4) is 0 Å². The lowest BCUT2D eigenvalue weighted by atomic mass is 10.1. The first-order valence-corrected chi connectivity index (χ1v) is 7.39. The van der Waals surface area contributed by atoms with E-state index < -0.39 is 0 Å². The van der Waals surface area contributed by atoms with Crippen LogP contribution in [-0.2, 0) is 0 Å². The first-order chi connectivity index (χ1) is 12.1. The van der Waals surface area contributed by atoms with Crippen LogP contribution in [0.15, 0.2) is 35.1 Å². The second kappa shape index (κ2) is 6.60. The molecule has 8 nitrogen and oxygen atoms in total. The number of anilines is 1. The van der Waals surface area contributed by atoms with Crippen LogP contribution in [0.1, 0.15) is 10.4 Å². The van der Waals surface area contributed by atoms with Crippen LogP contribution in [-0.4, -0.2) is 37.2 Å². The van der Waals surface area contributed by atoms with Crippen LogP contribution in [0.5, 0.6) is 17.2 Å². The van der Waals surface area contributed by atoms with E-state index in [9.17, 15) is 9.59 Å². The molecule has 2 aromatic carbocycles. The Hall–Kier alpha value is -3.42. The van der Waals surface area contributed by atoms with Gasteiger partial charge in [-0.05, 0) is 12.1 Å². The van der Waals surface area contributed by atoms with Crippen LogP contribution >= 0.6 is 0 Å². The van der Waals surface area contributed by atoms with Crippen molar-refractivity contribution in [2.45, 2.75) is 0 Å². The maximum Gasteiger partial charge on any atom is 0.323 e. The van der Waals surface area contributed by atoms with Gasteiger partial charge in [-0.25, -0.2) is 4.79 Å². The third kappa shape index (κ3) is 3.01. The summed E-state index contributed by atoms with van der Waals surface area (Å²) in [6.07, 6.45) is 0. The molecule has 0 aliphatic carbocycles. The highest BCUT2D eigenvalue weighted by atomic mass is 16.5. The molecule has 3 aromatic rings. The topological polar surface area (TPSA) is 105 Å². The summed E-state index contributed by atoms with van der Waals surface area (Å²) in [7, 11) is 4.49. The molecule has 1 amide bonds. The van der Waals surface area contributed by atoms with Gasteiger partial charge in [0.1, 0.15) is 0 Å². The molecule has 0 saturated heterocycles. The van der Waals surface area contributed by atoms with Crippen LogP contribution in [0.25, 0.3) is 11.0 Å². The quantitative estimate of drug-likeness (QED) is 0.658. The molecule has 0 saturated carbocycles. The number of para-hydroxylation sites is 1. The fourth-order valence-electron chi connectivity index (χ4n) is 2.60. The van der Waals surface area contributed by atoms with Crippen molar-refractivity contribution in [3.05, 3.63) is 46.4 Å². The minimum atomic E-state index is -0.380. The summed E-state index contributed by atoms with van der Waals surface area (Å²) >= 11 is 0. The lowest BCUT2D eigenvalue weighted by molar-refractivity contribution is 0.102. The van der Waals surface area contributed by atoms with Gasteiger partial charge in [-0.15, -0.1) is 0 Å². The minimum absolute atomic E-state index is 0.338. The lowest BCUT2D eigenvalue weighted by Gasteiger charge is -2.14. The van der Waals surface area contributed by atoms with E-state index in [2.05, 4.69) is 15.3 Å². The number of carbonyl (C=O) groups is 1. The summed E-state index contributed by atoms with van der Waals surface area (Å²) in [5.41, 5.74) is 1.43. The average Bonchev–Trinajstić information content (AvgIpc) is 3.00. The largest absolute Gasteiger partial charge is 0.493 e. The zero-order chi connectivity index (χ0) is 18.0. The summed E-state index contributed by atoms with van der Waals surface area (Å²) in [4.78, 5) is 29.3. The number of methoxy groups -OCH3 is 3. The van der Waals surface area contributed by atoms with Crippen molar-refractivity contribution in [1.82, 2.24) is 9.97 Å². The predicted octanol–water partition coefficient (Wildman–Crippen LogP) is 2.13. The van der Waals surface area contributed by atoms with E-state index in [0.29, 0.717) is 39.5 Å². The van der Waals surface area contributed by atoms with Gasteiger partial charge in [-0.2, -0.15) is 0 Å². The number of benzene rings is 2. The summed E-state index contributed by atoms with van der Waals surface area (Å²) < 4.78 is 15.8. The molecule has 25 heavy (non-hydrogen) atoms. The van der Waals surface area contributed by atoms with E-state index in [1.165, 1.54) is 21.3 Å². The normalized spacial score (nSPS) is 10.5. The first kappa shape index (κ1) is 16.4. The SMILES string of the molecule is COc1cc(NC(=O)c2cccc3[nH]c(=O)[nH]c23)cc(OC)c1OC. The molecule has 130 valence electrons. The fourth-order valence-corrected chi connectivity index (χ4v) is 2.60. The molecule has 0 aliphatic heterocycles. The maximum atomic E-state index is 12.6. The van der Waals surface area contributed by atoms with Gasteiger partial charge in [-0.3, -0.25) is 4.79 Å². The molecular formula is C17H17N3O5. The van der Waals surface area contributed by atoms with E-state index in [0.717, 1.165) is 0 Å². The van der Waals surface area contributed by atoms with Crippen molar-refractivity contribution >= 4 is 22.6 Å². The highest BCUT2D eigenvalue weighted by molar-refractivity contribution is 6.11. The Morgan fingerprint density at radius 2 is 1.68 bits per heavy atom. The zero-order valence-electron chi connectivity index (χ0n) is 13.9. The molecule has 0 spiro atoms. The van der Waals surface area contributed by atoms with E-state index in [1.54, 1.807) is 30.3 Å². The average molecular weight is 343 g/mol. The molecule has 0 radical (unpaired) electrons. The van der Waals surface area contributed by atoms with Crippen LogP contribution in [0, 0.1) is 0 Å². The van der Waals surface area contributed by atoms with Crippen molar-refractivity contribution in [3.8, 4) is 17.2 Å². The molecule has 1 heterocycles. The molecule has 1 aromatic heterocycles. The Morgan fingerprint density at radius 1 is 1.00 bits per heavy atom. The summed E-state index contributed by atoms with van der Waals surface area (Å²) in [6, 6.07) is 8.28. The zero-order valence-corrected chi connectivity index (χ0v) is 13.9. The summed E-state index contributed by atoms with van der Waals surface area (Å²) in [5, 5.41) is 2.77. The van der Waals surface area contributed by atoms with Gasteiger partial charge in [0.05, 0.1) is 37.9 Å². The van der Waals surface area contributed by atoms with Gasteiger partial charge >= 0.3 is 5.69 Å². The van der Waals surface area contributed by atoms with Gasteiger partial charge < -0.3 is 29.5 Å². The highest BCUT2D eigenvalue weighted by Gasteiger charge is 2.17. The minimum Gasteiger partial charge on any atom is -0.493 e. The number of fused-ring (bicyclic) bond motifs is 1. The van der Waals surface area contributed by atoms with Gasteiger partial charge in [0, 0.05) is 17.8 Å². The lowest BCUT2D eigenvalue weighted by Crippen LogP contribution is -2.13. The second-order valence-electron chi connectivity index (χ2n) is 5.18. The maximum absolute atomic E-state index is 12.6. The van der Waals surface area contributed by atoms with E-state index in [4.69, 9.17) is 14.2 Å². The standard InChI is InChI=1S/C17H17N3O5/c1-23-12-7-9(8-13(24-2)15(12)25-3)18-16(21)10-5-4-6-11-14(10)20-17(22)19-11/h4-8H,1-3H3,(H,18,21)(H2,19,20,22). The van der Waals surface area contributed by atoms with Crippen LogP contribution < -0.4 is 25.2 Å². The van der Waals surface area contributed by atoms with Crippen molar-refractivity contribution in [2.24, 2.45) is 0 Å². The van der Waals surface area contributed by atoms with E-state index >= 15 is 0 Å². The molecule has 3 N–H and O–H groups in total. The Balaban J connectivity index is 1.99. The number of rotatable bonds is 5. The number of aromatic nitrogens is 2. The number of hydrogen-bond donors (Lipinski definition) is 3. The number of nitrogens with one attached hydrogen (secondary N) is 3. The van der Waals surface area contributed by atoms with Crippen LogP contribution in [0.4, 0.5) is 5.69 Å². The number of aromatic amines is 2. The smallest absolute Gasteiger partial charge is 0.323 e. The third-order valence-corrected chi connectivity index (χ3v) is 3.72. The number of ether oxygens (including phenoxy) is 3. The Labute approximate surface area is 142 Å². The van der Waals surface area contributed by atoms with Gasteiger partial charge in [0.25, 0.3) is 5.91 Å². The molecule has 3 rings (SSSR count). The van der Waals surface area contributed by atoms with Crippen molar-refractivity contribution in [2.75, 3.05) is 26.6 Å². The predicted molar refractivity (Wildman–Crippen MR) is 93.0 cm³/mol. The summed E-state index contributed by atoms with van der Waals surface area (Å²) in [6.45, 7) is 0. The monoisotopic (exact) mass is 343 g/mol. The number of hydrogen-bond acceptors (Lipinski definition) is 5. The van der Waals surface area contributed by atoms with Gasteiger partial charge in [0.15, 0.2) is 11.5 Å². The number of amides is 1. The number of carbonyl (C=O) groups excluding carboxylic acids is 1. The molecule has 0 fully saturated rings. The number of H-pyrrole nitrogens is 2. The van der Waals surface area contributed by atoms with Gasteiger partial charge in [-0.1, -0.05) is 6.07 Å². The molecular weight excluding hydrogens is 326 g/mol. The van der Waals surface area contributed by atoms with E-state index in [-0.39, 0.29) is 11.6 Å². The molecule has 0 unspecified atom stereocenters. The molecule has 8 heteroatoms. The summed E-state index contributed by atoms with van der Waals surface area (Å²) in [5.74, 6) is 0.894. The molecule has 0 bridgehead atoms.